The van der Waals surface area contributed by atoms with Crippen LogP contribution in [0.15, 0.2) is 29.4 Å². The summed E-state index contributed by atoms with van der Waals surface area (Å²) in [5.41, 5.74) is 2.81. The molecule has 0 heterocycles. The first-order valence-corrected chi connectivity index (χ1v) is 4.76. The molecule has 6 heteroatoms. The molecule has 0 atom stereocenters. The summed E-state index contributed by atoms with van der Waals surface area (Å²) < 4.78 is 23.7. The molecule has 0 bridgehead atoms. The van der Waals surface area contributed by atoms with Crippen LogP contribution in [-0.2, 0) is 4.79 Å². The summed E-state index contributed by atoms with van der Waals surface area (Å²) in [5, 5.41) is 4.04. The van der Waals surface area contributed by atoms with Crippen LogP contribution in [0, 0.1) is 0 Å². The fraction of sp³-hybridized carbons (Fsp3) is 0.200. The van der Waals surface area contributed by atoms with E-state index in [0.717, 1.165) is 0 Å². The highest BCUT2D eigenvalue weighted by atomic mass is 35.5. The highest BCUT2D eigenvalue weighted by molar-refractivity contribution is 6.31. The third-order valence-corrected chi connectivity index (χ3v) is 2.01. The van der Waals surface area contributed by atoms with Gasteiger partial charge in [-0.1, -0.05) is 23.7 Å². The molecule has 0 aliphatic rings. The number of nitrogens with zero attached hydrogens (tertiary/aromatic N) is 1. The third-order valence-electron chi connectivity index (χ3n) is 1.77. The molecule has 86 valence electrons. The SMILES string of the molecule is CC(=NNC(=O)C(F)F)c1cccc(Cl)c1. The molecule has 0 fully saturated rings. The highest BCUT2D eigenvalue weighted by Crippen LogP contribution is 2.11. The zero-order chi connectivity index (χ0) is 12.1. The zero-order valence-electron chi connectivity index (χ0n) is 8.38. The first kappa shape index (κ1) is 12.6. The smallest absolute Gasteiger partial charge is 0.266 e. The second-order valence-corrected chi connectivity index (χ2v) is 3.42. The van der Waals surface area contributed by atoms with E-state index in [1.807, 2.05) is 0 Å². The quantitative estimate of drug-likeness (QED) is 0.646. The van der Waals surface area contributed by atoms with E-state index in [4.69, 9.17) is 11.6 Å². The van der Waals surface area contributed by atoms with Gasteiger partial charge in [0, 0.05) is 5.02 Å². The van der Waals surface area contributed by atoms with Crippen molar-refractivity contribution >= 4 is 23.2 Å². The number of carbonyl (C=O) groups is 1. The fourth-order valence-electron chi connectivity index (χ4n) is 0.966. The van der Waals surface area contributed by atoms with Crippen LogP contribution in [0.5, 0.6) is 0 Å². The minimum Gasteiger partial charge on any atom is -0.266 e. The van der Waals surface area contributed by atoms with Crippen LogP contribution in [0.2, 0.25) is 5.02 Å². The second-order valence-electron chi connectivity index (χ2n) is 2.98. The van der Waals surface area contributed by atoms with E-state index in [9.17, 15) is 13.6 Å². The van der Waals surface area contributed by atoms with E-state index >= 15 is 0 Å². The number of carbonyl (C=O) groups excluding carboxylic acids is 1. The first-order valence-electron chi connectivity index (χ1n) is 4.39. The van der Waals surface area contributed by atoms with Gasteiger partial charge in [-0.15, -0.1) is 0 Å². The molecule has 0 spiro atoms. The molecule has 1 N–H and O–H groups in total. The number of hydrogen-bond acceptors (Lipinski definition) is 2. The standard InChI is InChI=1S/C10H9ClF2N2O/c1-6(14-15-10(16)9(12)13)7-3-2-4-8(11)5-7/h2-5,9H,1H3,(H,15,16). The van der Waals surface area contributed by atoms with Crippen molar-refractivity contribution in [3.8, 4) is 0 Å². The number of alkyl halides is 2. The number of rotatable bonds is 3. The van der Waals surface area contributed by atoms with Gasteiger partial charge in [0.15, 0.2) is 0 Å². The molecule has 16 heavy (non-hydrogen) atoms. The lowest BCUT2D eigenvalue weighted by Gasteiger charge is -2.02. The average molecular weight is 247 g/mol. The molecule has 1 rings (SSSR count). The molecular formula is C10H9ClF2N2O. The van der Waals surface area contributed by atoms with Crippen LogP contribution in [0.1, 0.15) is 12.5 Å². The number of amides is 1. The van der Waals surface area contributed by atoms with Crippen molar-refractivity contribution in [1.82, 2.24) is 5.43 Å². The van der Waals surface area contributed by atoms with Crippen molar-refractivity contribution in [3.05, 3.63) is 34.9 Å². The largest absolute Gasteiger partial charge is 0.317 e. The number of halogens is 3. The molecule has 0 radical (unpaired) electrons. The van der Waals surface area contributed by atoms with Crippen molar-refractivity contribution in [2.45, 2.75) is 13.3 Å². The Kier molecular flexibility index (Phi) is 4.37. The summed E-state index contributed by atoms with van der Waals surface area (Å²) >= 11 is 5.74. The summed E-state index contributed by atoms with van der Waals surface area (Å²) in [5.74, 6) is -1.43. The van der Waals surface area contributed by atoms with Crippen LogP contribution >= 0.6 is 11.6 Å². The van der Waals surface area contributed by atoms with Crippen LogP contribution in [0.25, 0.3) is 0 Å². The molecule has 0 saturated carbocycles. The summed E-state index contributed by atoms with van der Waals surface area (Å²) in [6.45, 7) is 1.58. The lowest BCUT2D eigenvalue weighted by atomic mass is 10.1. The summed E-state index contributed by atoms with van der Waals surface area (Å²) in [7, 11) is 0. The van der Waals surface area contributed by atoms with Crippen LogP contribution in [0.4, 0.5) is 8.78 Å². The highest BCUT2D eigenvalue weighted by Gasteiger charge is 2.13. The molecule has 0 aromatic heterocycles. The Morgan fingerprint density at radius 1 is 1.50 bits per heavy atom. The van der Waals surface area contributed by atoms with E-state index in [1.165, 1.54) is 0 Å². The maximum Gasteiger partial charge on any atom is 0.317 e. The van der Waals surface area contributed by atoms with Crippen LogP contribution in [-0.4, -0.2) is 18.0 Å². The molecule has 0 saturated heterocycles. The molecule has 0 unspecified atom stereocenters. The summed E-state index contributed by atoms with van der Waals surface area (Å²) in [6, 6.07) is 6.70. The molecule has 1 aromatic carbocycles. The minimum atomic E-state index is -3.07. The number of hydrazone groups is 1. The number of nitrogens with one attached hydrogen (secondary N) is 1. The molecule has 0 aliphatic carbocycles. The topological polar surface area (TPSA) is 41.5 Å². The van der Waals surface area contributed by atoms with Gasteiger partial charge >= 0.3 is 12.3 Å². The Hall–Kier alpha value is -1.49. The van der Waals surface area contributed by atoms with Gasteiger partial charge in [0.2, 0.25) is 0 Å². The summed E-state index contributed by atoms with van der Waals surface area (Å²) in [4.78, 5) is 10.6. The predicted octanol–water partition coefficient (Wildman–Crippen LogP) is 2.45. The van der Waals surface area contributed by atoms with Crippen LogP contribution < -0.4 is 5.43 Å². The van der Waals surface area contributed by atoms with Crippen molar-refractivity contribution in [3.63, 3.8) is 0 Å². The summed E-state index contributed by atoms with van der Waals surface area (Å²) in [6.07, 6.45) is -3.07. The minimum absolute atomic E-state index is 0.400. The van der Waals surface area contributed by atoms with Gasteiger partial charge in [-0.05, 0) is 24.6 Å². The molecule has 0 aliphatic heterocycles. The normalized spacial score (nSPS) is 11.7. The second kappa shape index (κ2) is 5.55. The average Bonchev–Trinajstić information content (AvgIpc) is 2.25. The Balaban J connectivity index is 2.74. The van der Waals surface area contributed by atoms with E-state index in [2.05, 4.69) is 5.10 Å². The van der Waals surface area contributed by atoms with Gasteiger partial charge in [0.25, 0.3) is 0 Å². The lowest BCUT2D eigenvalue weighted by molar-refractivity contribution is -0.131. The Bertz CT molecular complexity index is 421. The Morgan fingerprint density at radius 2 is 2.19 bits per heavy atom. The van der Waals surface area contributed by atoms with E-state index in [1.54, 1.807) is 36.6 Å². The van der Waals surface area contributed by atoms with Crippen molar-refractivity contribution < 1.29 is 13.6 Å². The Morgan fingerprint density at radius 3 is 2.75 bits per heavy atom. The van der Waals surface area contributed by atoms with Gasteiger partial charge in [-0.2, -0.15) is 13.9 Å². The Labute approximate surface area is 96.1 Å². The zero-order valence-corrected chi connectivity index (χ0v) is 9.13. The third kappa shape index (κ3) is 3.58. The van der Waals surface area contributed by atoms with Gasteiger partial charge in [-0.3, -0.25) is 4.79 Å². The van der Waals surface area contributed by atoms with Gasteiger partial charge in [-0.25, -0.2) is 5.43 Å². The molecule has 1 amide bonds. The molecular weight excluding hydrogens is 238 g/mol. The van der Waals surface area contributed by atoms with Gasteiger partial charge < -0.3 is 0 Å². The van der Waals surface area contributed by atoms with Crippen LogP contribution in [0.3, 0.4) is 0 Å². The van der Waals surface area contributed by atoms with Crippen molar-refractivity contribution in [2.24, 2.45) is 5.10 Å². The van der Waals surface area contributed by atoms with Gasteiger partial charge in [0.05, 0.1) is 5.71 Å². The fourth-order valence-corrected chi connectivity index (χ4v) is 1.16. The van der Waals surface area contributed by atoms with Gasteiger partial charge in [0.1, 0.15) is 0 Å². The van der Waals surface area contributed by atoms with E-state index in [-0.39, 0.29) is 0 Å². The number of benzene rings is 1. The molecule has 1 aromatic rings. The lowest BCUT2D eigenvalue weighted by Crippen LogP contribution is -2.25. The monoisotopic (exact) mass is 246 g/mol. The molecule has 3 nitrogen and oxygen atoms in total. The maximum absolute atomic E-state index is 11.8. The van der Waals surface area contributed by atoms with E-state index in [0.29, 0.717) is 16.3 Å². The number of hydrogen-bond donors (Lipinski definition) is 1. The first-order chi connectivity index (χ1) is 7.50. The van der Waals surface area contributed by atoms with E-state index < -0.39 is 12.3 Å². The maximum atomic E-state index is 11.8. The van der Waals surface area contributed by atoms with Crippen molar-refractivity contribution in [2.75, 3.05) is 0 Å². The predicted molar refractivity (Wildman–Crippen MR) is 57.8 cm³/mol. The van der Waals surface area contributed by atoms with Crippen molar-refractivity contribution in [1.29, 1.82) is 0 Å².